The Morgan fingerprint density at radius 2 is 2.00 bits per heavy atom. The fraction of sp³-hybridized carbons (Fsp3) is 0.200. The van der Waals surface area contributed by atoms with Gasteiger partial charge in [0.05, 0.1) is 14.4 Å². The van der Waals surface area contributed by atoms with Crippen LogP contribution in [0.4, 0.5) is 5.69 Å². The second-order valence-corrected chi connectivity index (χ2v) is 7.07. The zero-order chi connectivity index (χ0) is 14.1. The van der Waals surface area contributed by atoms with Crippen molar-refractivity contribution >= 4 is 44.6 Å². The molecule has 102 valence electrons. The van der Waals surface area contributed by atoms with Crippen LogP contribution in [0.2, 0.25) is 0 Å². The van der Waals surface area contributed by atoms with Crippen LogP contribution in [0.25, 0.3) is 0 Å². The highest BCUT2D eigenvalue weighted by atomic mass is 79.9. The summed E-state index contributed by atoms with van der Waals surface area (Å²) in [5.74, 6) is 0.0751. The second-order valence-electron chi connectivity index (χ2n) is 4.60. The third-order valence-corrected chi connectivity index (χ3v) is 4.92. The van der Waals surface area contributed by atoms with Crippen LogP contribution in [0.1, 0.15) is 32.9 Å². The largest absolute Gasteiger partial charge is 0.307 e. The quantitative estimate of drug-likeness (QED) is 0.775. The third-order valence-electron chi connectivity index (χ3n) is 3.31. The molecule has 1 aliphatic heterocycles. The lowest BCUT2D eigenvalue weighted by atomic mass is 10.1. The summed E-state index contributed by atoms with van der Waals surface area (Å²) in [6, 6.07) is 11.0. The molecule has 0 aliphatic carbocycles. The first-order valence-corrected chi connectivity index (χ1v) is 7.97. The van der Waals surface area contributed by atoms with Gasteiger partial charge >= 0.3 is 0 Å². The van der Waals surface area contributed by atoms with Crippen molar-refractivity contribution < 1.29 is 9.59 Å². The van der Waals surface area contributed by atoms with E-state index in [0.717, 1.165) is 9.47 Å². The molecule has 5 heteroatoms. The van der Waals surface area contributed by atoms with Crippen LogP contribution >= 0.6 is 27.3 Å². The first kappa shape index (κ1) is 13.5. The molecule has 0 saturated heterocycles. The van der Waals surface area contributed by atoms with Gasteiger partial charge in [0, 0.05) is 18.5 Å². The monoisotopic (exact) mass is 349 g/mol. The van der Waals surface area contributed by atoms with Crippen LogP contribution in [0, 0.1) is 0 Å². The molecule has 1 aromatic carbocycles. The molecule has 0 fully saturated rings. The van der Waals surface area contributed by atoms with Gasteiger partial charge in [-0.1, -0.05) is 12.1 Å². The van der Waals surface area contributed by atoms with Gasteiger partial charge in [-0.15, -0.1) is 11.3 Å². The van der Waals surface area contributed by atoms with E-state index < -0.39 is 0 Å². The highest BCUT2D eigenvalue weighted by molar-refractivity contribution is 9.11. The summed E-state index contributed by atoms with van der Waals surface area (Å²) in [5, 5.41) is 0. The molecule has 1 aromatic heterocycles. The van der Waals surface area contributed by atoms with Crippen LogP contribution in [0.3, 0.4) is 0 Å². The molecule has 3 nitrogen and oxygen atoms in total. The average molecular weight is 350 g/mol. The summed E-state index contributed by atoms with van der Waals surface area (Å²) in [6.45, 7) is 0.580. The number of carbonyl (C=O) groups excluding carboxylic acids is 2. The van der Waals surface area contributed by atoms with Gasteiger partial charge < -0.3 is 4.90 Å². The van der Waals surface area contributed by atoms with Crippen LogP contribution in [-0.2, 0) is 0 Å². The number of rotatable bonds is 1. The zero-order valence-electron chi connectivity index (χ0n) is 10.6. The maximum Gasteiger partial charge on any atom is 0.268 e. The van der Waals surface area contributed by atoms with E-state index in [-0.39, 0.29) is 11.7 Å². The summed E-state index contributed by atoms with van der Waals surface area (Å²) in [6.07, 6.45) is 1.20. The normalized spacial score (nSPS) is 14.8. The maximum absolute atomic E-state index is 12.6. The number of hydrogen-bond donors (Lipinski definition) is 0. The topological polar surface area (TPSA) is 37.4 Å². The Bertz CT molecular complexity index is 680. The molecule has 0 N–H and O–H groups in total. The van der Waals surface area contributed by atoms with Crippen molar-refractivity contribution in [2.45, 2.75) is 12.8 Å². The number of halogens is 1. The van der Waals surface area contributed by atoms with Crippen LogP contribution in [-0.4, -0.2) is 18.2 Å². The Labute approximate surface area is 129 Å². The third kappa shape index (κ3) is 2.43. The predicted octanol–water partition coefficient (Wildman–Crippen LogP) is 4.13. The second kappa shape index (κ2) is 5.50. The molecule has 0 radical (unpaired) electrons. The Morgan fingerprint density at radius 3 is 2.75 bits per heavy atom. The van der Waals surface area contributed by atoms with E-state index in [1.807, 2.05) is 30.3 Å². The van der Waals surface area contributed by atoms with Gasteiger partial charge in [-0.3, -0.25) is 9.59 Å². The highest BCUT2D eigenvalue weighted by Gasteiger charge is 2.26. The molecular formula is C15H12BrNO2S. The van der Waals surface area contributed by atoms with Gasteiger partial charge in [-0.2, -0.15) is 0 Å². The molecule has 1 amide bonds. The fourth-order valence-corrected chi connectivity index (χ4v) is 3.71. The van der Waals surface area contributed by atoms with E-state index in [1.165, 1.54) is 11.3 Å². The summed E-state index contributed by atoms with van der Waals surface area (Å²) in [5.41, 5.74) is 1.37. The van der Waals surface area contributed by atoms with E-state index in [4.69, 9.17) is 0 Å². The van der Waals surface area contributed by atoms with E-state index in [1.54, 1.807) is 11.0 Å². The van der Waals surface area contributed by atoms with Gasteiger partial charge in [0.15, 0.2) is 5.78 Å². The standard InChI is InChI=1S/C15H12BrNO2S/c16-14-8-7-13(20-14)15(19)17-9-3-6-12(18)10-4-1-2-5-11(10)17/h1-2,4-5,7-8H,3,6,9H2. The molecule has 2 heterocycles. The first-order valence-electron chi connectivity index (χ1n) is 6.36. The van der Waals surface area contributed by atoms with Crippen molar-refractivity contribution in [1.29, 1.82) is 0 Å². The van der Waals surface area contributed by atoms with Gasteiger partial charge in [0.25, 0.3) is 5.91 Å². The van der Waals surface area contributed by atoms with Gasteiger partial charge in [-0.05, 0) is 46.6 Å². The minimum absolute atomic E-state index is 0.0390. The average Bonchev–Trinajstić information content (AvgIpc) is 2.82. The summed E-state index contributed by atoms with van der Waals surface area (Å²) >= 11 is 4.79. The molecule has 20 heavy (non-hydrogen) atoms. The van der Waals surface area contributed by atoms with Gasteiger partial charge in [0.2, 0.25) is 0 Å². The van der Waals surface area contributed by atoms with E-state index in [9.17, 15) is 9.59 Å². The summed E-state index contributed by atoms with van der Waals surface area (Å²) < 4.78 is 0.931. The van der Waals surface area contributed by atoms with Crippen molar-refractivity contribution in [3.63, 3.8) is 0 Å². The van der Waals surface area contributed by atoms with Gasteiger partial charge in [-0.25, -0.2) is 0 Å². The van der Waals surface area contributed by atoms with Gasteiger partial charge in [0.1, 0.15) is 0 Å². The van der Waals surface area contributed by atoms with Crippen LogP contribution in [0.15, 0.2) is 40.2 Å². The highest BCUT2D eigenvalue weighted by Crippen LogP contribution is 2.30. The minimum atomic E-state index is -0.0390. The lowest BCUT2D eigenvalue weighted by Crippen LogP contribution is -2.31. The molecule has 0 bridgehead atoms. The number of ketones is 1. The fourth-order valence-electron chi connectivity index (χ4n) is 2.37. The molecule has 0 atom stereocenters. The van der Waals surface area contributed by atoms with E-state index in [0.29, 0.717) is 29.8 Å². The number of hydrogen-bond acceptors (Lipinski definition) is 3. The predicted molar refractivity (Wildman–Crippen MR) is 83.7 cm³/mol. The number of para-hydroxylation sites is 1. The first-order chi connectivity index (χ1) is 9.66. The van der Waals surface area contributed by atoms with Crippen LogP contribution < -0.4 is 4.90 Å². The van der Waals surface area contributed by atoms with E-state index in [2.05, 4.69) is 15.9 Å². The molecule has 2 aromatic rings. The summed E-state index contributed by atoms with van der Waals surface area (Å²) in [4.78, 5) is 27.1. The van der Waals surface area contributed by atoms with Crippen molar-refractivity contribution in [2.24, 2.45) is 0 Å². The molecule has 3 rings (SSSR count). The summed E-state index contributed by atoms with van der Waals surface area (Å²) in [7, 11) is 0. The number of anilines is 1. The lowest BCUT2D eigenvalue weighted by molar-refractivity contribution is 0.0975. The van der Waals surface area contributed by atoms with Crippen molar-refractivity contribution in [3.05, 3.63) is 50.6 Å². The number of amides is 1. The maximum atomic E-state index is 12.6. The number of carbonyl (C=O) groups is 2. The zero-order valence-corrected chi connectivity index (χ0v) is 13.0. The van der Waals surface area contributed by atoms with Crippen molar-refractivity contribution in [1.82, 2.24) is 0 Å². The van der Waals surface area contributed by atoms with E-state index >= 15 is 0 Å². The SMILES string of the molecule is O=C1CCCN(C(=O)c2ccc(Br)s2)c2ccccc21. The number of Topliss-reactive ketones (excluding diaryl/α,β-unsaturated/α-hetero) is 1. The molecule has 0 spiro atoms. The number of nitrogens with zero attached hydrogens (tertiary/aromatic N) is 1. The Hall–Kier alpha value is -1.46. The lowest BCUT2D eigenvalue weighted by Gasteiger charge is -2.21. The Morgan fingerprint density at radius 1 is 1.20 bits per heavy atom. The molecule has 0 saturated carbocycles. The van der Waals surface area contributed by atoms with Crippen molar-refractivity contribution in [2.75, 3.05) is 11.4 Å². The number of thiophene rings is 1. The Balaban J connectivity index is 2.03. The Kier molecular flexibility index (Phi) is 3.72. The number of fused-ring (bicyclic) bond motifs is 1. The van der Waals surface area contributed by atoms with Crippen molar-refractivity contribution in [3.8, 4) is 0 Å². The smallest absolute Gasteiger partial charge is 0.268 e. The minimum Gasteiger partial charge on any atom is -0.307 e. The van der Waals surface area contributed by atoms with Crippen LogP contribution in [0.5, 0.6) is 0 Å². The molecule has 0 unspecified atom stereocenters. The number of benzene rings is 1. The molecule has 1 aliphatic rings. The molecular weight excluding hydrogens is 338 g/mol.